The van der Waals surface area contributed by atoms with E-state index in [2.05, 4.69) is 12.2 Å². The van der Waals surface area contributed by atoms with E-state index < -0.39 is 0 Å². The average molecular weight is 264 g/mol. The molecule has 0 aliphatic heterocycles. The monoisotopic (exact) mass is 263 g/mol. The van der Waals surface area contributed by atoms with Crippen molar-refractivity contribution in [3.63, 3.8) is 0 Å². The van der Waals surface area contributed by atoms with E-state index in [4.69, 9.17) is 11.6 Å². The molecule has 18 heavy (non-hydrogen) atoms. The molecule has 0 fully saturated rings. The van der Waals surface area contributed by atoms with E-state index in [1.807, 2.05) is 30.3 Å². The van der Waals surface area contributed by atoms with Gasteiger partial charge >= 0.3 is 0 Å². The highest BCUT2D eigenvalue weighted by atomic mass is 35.5. The van der Waals surface area contributed by atoms with Gasteiger partial charge in [0.25, 0.3) is 0 Å². The summed E-state index contributed by atoms with van der Waals surface area (Å²) in [6.45, 7) is 2.07. The lowest BCUT2D eigenvalue weighted by Gasteiger charge is -2.19. The predicted octanol–water partition coefficient (Wildman–Crippen LogP) is 5.04. The molecule has 1 nitrogen and oxygen atoms in total. The molecular weight excluding hydrogens is 249 g/mol. The van der Waals surface area contributed by atoms with Crippen LogP contribution >= 0.6 is 11.6 Å². The van der Waals surface area contributed by atoms with Crippen molar-refractivity contribution in [2.45, 2.75) is 19.4 Å². The third kappa shape index (κ3) is 3.02. The number of benzene rings is 2. The van der Waals surface area contributed by atoms with Crippen molar-refractivity contribution in [2.24, 2.45) is 0 Å². The fourth-order valence-electron chi connectivity index (χ4n) is 1.90. The number of anilines is 1. The second kappa shape index (κ2) is 5.87. The predicted molar refractivity (Wildman–Crippen MR) is 74.5 cm³/mol. The Kier molecular flexibility index (Phi) is 4.21. The molecule has 0 radical (unpaired) electrons. The SMILES string of the molecule is CCC(Nc1ccc(Cl)cc1F)c1ccccc1. The van der Waals surface area contributed by atoms with Crippen LogP contribution in [0.15, 0.2) is 48.5 Å². The topological polar surface area (TPSA) is 12.0 Å². The first-order chi connectivity index (χ1) is 8.70. The summed E-state index contributed by atoms with van der Waals surface area (Å²) in [5, 5.41) is 3.61. The van der Waals surface area contributed by atoms with Gasteiger partial charge in [-0.3, -0.25) is 0 Å². The fourth-order valence-corrected chi connectivity index (χ4v) is 2.06. The van der Waals surface area contributed by atoms with Gasteiger partial charge in [0.05, 0.1) is 11.7 Å². The Hall–Kier alpha value is -1.54. The van der Waals surface area contributed by atoms with Crippen molar-refractivity contribution < 1.29 is 4.39 Å². The quantitative estimate of drug-likeness (QED) is 0.815. The first-order valence-electron chi connectivity index (χ1n) is 5.97. The number of rotatable bonds is 4. The molecule has 0 aromatic heterocycles. The summed E-state index contributed by atoms with van der Waals surface area (Å²) < 4.78 is 13.7. The van der Waals surface area contributed by atoms with E-state index in [9.17, 15) is 4.39 Å². The maximum atomic E-state index is 13.7. The molecule has 1 unspecified atom stereocenters. The molecule has 0 spiro atoms. The van der Waals surface area contributed by atoms with Gasteiger partial charge < -0.3 is 5.32 Å². The Bertz CT molecular complexity index is 513. The Morgan fingerprint density at radius 2 is 1.89 bits per heavy atom. The van der Waals surface area contributed by atoms with Gasteiger partial charge in [-0.15, -0.1) is 0 Å². The van der Waals surface area contributed by atoms with Crippen LogP contribution in [-0.2, 0) is 0 Å². The molecule has 0 saturated heterocycles. The van der Waals surface area contributed by atoms with Crippen LogP contribution in [0.3, 0.4) is 0 Å². The highest BCUT2D eigenvalue weighted by Gasteiger charge is 2.11. The van der Waals surface area contributed by atoms with E-state index >= 15 is 0 Å². The van der Waals surface area contributed by atoms with Gasteiger partial charge in [0.2, 0.25) is 0 Å². The summed E-state index contributed by atoms with van der Waals surface area (Å²) in [5.41, 5.74) is 1.63. The Morgan fingerprint density at radius 3 is 2.50 bits per heavy atom. The molecule has 0 heterocycles. The van der Waals surface area contributed by atoms with E-state index in [0.717, 1.165) is 12.0 Å². The zero-order valence-corrected chi connectivity index (χ0v) is 10.9. The zero-order valence-electron chi connectivity index (χ0n) is 10.2. The molecule has 94 valence electrons. The van der Waals surface area contributed by atoms with Crippen molar-refractivity contribution in [2.75, 3.05) is 5.32 Å². The maximum Gasteiger partial charge on any atom is 0.147 e. The van der Waals surface area contributed by atoms with Gasteiger partial charge in [0.15, 0.2) is 0 Å². The second-order valence-corrected chi connectivity index (χ2v) is 4.58. The summed E-state index contributed by atoms with van der Waals surface area (Å²) in [7, 11) is 0. The summed E-state index contributed by atoms with van der Waals surface area (Å²) >= 11 is 5.74. The van der Waals surface area contributed by atoms with Crippen molar-refractivity contribution in [1.82, 2.24) is 0 Å². The lowest BCUT2D eigenvalue weighted by molar-refractivity contribution is 0.624. The van der Waals surface area contributed by atoms with Gasteiger partial charge in [-0.05, 0) is 30.2 Å². The van der Waals surface area contributed by atoms with E-state index in [1.54, 1.807) is 12.1 Å². The molecule has 0 bridgehead atoms. The molecule has 1 atom stereocenters. The number of halogens is 2. The number of hydrogen-bond donors (Lipinski definition) is 1. The minimum absolute atomic E-state index is 0.0990. The van der Waals surface area contributed by atoms with Crippen LogP contribution in [0, 0.1) is 5.82 Å². The third-order valence-corrected chi connectivity index (χ3v) is 3.11. The molecule has 0 aliphatic rings. The van der Waals surface area contributed by atoms with Crippen molar-refractivity contribution >= 4 is 17.3 Å². The van der Waals surface area contributed by atoms with Crippen molar-refractivity contribution in [3.8, 4) is 0 Å². The normalized spacial score (nSPS) is 12.2. The molecule has 3 heteroatoms. The second-order valence-electron chi connectivity index (χ2n) is 4.14. The van der Waals surface area contributed by atoms with E-state index in [0.29, 0.717) is 10.7 Å². The lowest BCUT2D eigenvalue weighted by Crippen LogP contribution is -2.10. The average Bonchev–Trinajstić information content (AvgIpc) is 2.39. The highest BCUT2D eigenvalue weighted by Crippen LogP contribution is 2.25. The first kappa shape index (κ1) is 12.9. The van der Waals surface area contributed by atoms with Gasteiger partial charge in [0.1, 0.15) is 5.82 Å². The van der Waals surface area contributed by atoms with E-state index in [-0.39, 0.29) is 11.9 Å². The molecule has 1 N–H and O–H groups in total. The summed E-state index contributed by atoms with van der Waals surface area (Å²) in [6, 6.07) is 14.8. The van der Waals surface area contributed by atoms with Crippen LogP contribution in [0.1, 0.15) is 24.9 Å². The van der Waals surface area contributed by atoms with Gasteiger partial charge in [-0.1, -0.05) is 48.9 Å². The maximum absolute atomic E-state index is 13.7. The standard InChI is InChI=1S/C15H15ClFN/c1-2-14(11-6-4-3-5-7-11)18-15-9-8-12(16)10-13(15)17/h3-10,14,18H,2H2,1H3. The molecular formula is C15H15ClFN. The summed E-state index contributed by atoms with van der Waals surface area (Å²) in [6.07, 6.45) is 0.881. The first-order valence-corrected chi connectivity index (χ1v) is 6.35. The van der Waals surface area contributed by atoms with Gasteiger partial charge in [-0.2, -0.15) is 0 Å². The van der Waals surface area contributed by atoms with Crippen LogP contribution in [-0.4, -0.2) is 0 Å². The zero-order chi connectivity index (χ0) is 13.0. The Balaban J connectivity index is 2.21. The van der Waals surface area contributed by atoms with Crippen molar-refractivity contribution in [1.29, 1.82) is 0 Å². The van der Waals surface area contributed by atoms with Crippen LogP contribution < -0.4 is 5.32 Å². The molecule has 2 aromatic rings. The van der Waals surface area contributed by atoms with Crippen LogP contribution in [0.2, 0.25) is 5.02 Å². The lowest BCUT2D eigenvalue weighted by atomic mass is 10.0. The molecule has 0 saturated carbocycles. The largest absolute Gasteiger partial charge is 0.376 e. The molecule has 0 amide bonds. The van der Waals surface area contributed by atoms with Gasteiger partial charge in [-0.25, -0.2) is 4.39 Å². The summed E-state index contributed by atoms with van der Waals surface area (Å²) in [5.74, 6) is -0.322. The van der Waals surface area contributed by atoms with Gasteiger partial charge in [0, 0.05) is 5.02 Å². The minimum Gasteiger partial charge on any atom is -0.376 e. The number of hydrogen-bond acceptors (Lipinski definition) is 1. The molecule has 0 aliphatic carbocycles. The highest BCUT2D eigenvalue weighted by molar-refractivity contribution is 6.30. The van der Waals surface area contributed by atoms with E-state index in [1.165, 1.54) is 6.07 Å². The molecule has 2 aromatic carbocycles. The molecule has 2 rings (SSSR count). The smallest absolute Gasteiger partial charge is 0.147 e. The van der Waals surface area contributed by atoms with Crippen molar-refractivity contribution in [3.05, 3.63) is 64.9 Å². The fraction of sp³-hybridized carbons (Fsp3) is 0.200. The Morgan fingerprint density at radius 1 is 1.17 bits per heavy atom. The number of nitrogens with one attached hydrogen (secondary N) is 1. The van der Waals surface area contributed by atoms with Crippen LogP contribution in [0.5, 0.6) is 0 Å². The minimum atomic E-state index is -0.322. The van der Waals surface area contributed by atoms with Crippen LogP contribution in [0.25, 0.3) is 0 Å². The Labute approximate surface area is 112 Å². The summed E-state index contributed by atoms with van der Waals surface area (Å²) in [4.78, 5) is 0. The third-order valence-electron chi connectivity index (χ3n) is 2.87. The van der Waals surface area contributed by atoms with Crippen LogP contribution in [0.4, 0.5) is 10.1 Å².